The smallest absolute Gasteiger partial charge is 0.356 e. The molecule has 3 nitrogen and oxygen atoms in total. The summed E-state index contributed by atoms with van der Waals surface area (Å²) in [5, 5.41) is 2.59. The number of hydrogen-bond donors (Lipinski definition) is 2. The number of carbonyl (C=O) groups is 1. The number of alkyl halides is 3. The van der Waals surface area contributed by atoms with Crippen molar-refractivity contribution in [1.29, 1.82) is 0 Å². The second-order valence-electron chi connectivity index (χ2n) is 4.98. The zero-order valence-electron chi connectivity index (χ0n) is 10.4. The summed E-state index contributed by atoms with van der Waals surface area (Å²) in [6.45, 7) is 0.681. The van der Waals surface area contributed by atoms with Crippen LogP contribution in [0.15, 0.2) is 0 Å². The minimum Gasteiger partial charge on any atom is -0.356 e. The molecule has 1 amide bonds. The van der Waals surface area contributed by atoms with Gasteiger partial charge in [-0.3, -0.25) is 4.79 Å². The van der Waals surface area contributed by atoms with Crippen molar-refractivity contribution in [1.82, 2.24) is 5.32 Å². The third-order valence-electron chi connectivity index (χ3n) is 3.42. The van der Waals surface area contributed by atoms with E-state index in [1.165, 1.54) is 0 Å². The summed E-state index contributed by atoms with van der Waals surface area (Å²) in [4.78, 5) is 11.8. The molecule has 0 aromatic carbocycles. The van der Waals surface area contributed by atoms with Gasteiger partial charge in [-0.25, -0.2) is 0 Å². The van der Waals surface area contributed by atoms with E-state index < -0.39 is 12.6 Å². The van der Waals surface area contributed by atoms with Crippen LogP contribution in [-0.4, -0.2) is 25.2 Å². The van der Waals surface area contributed by atoms with Crippen LogP contribution >= 0.6 is 0 Å². The molecule has 0 aromatic rings. The van der Waals surface area contributed by atoms with Gasteiger partial charge in [0.05, 0.1) is 0 Å². The molecule has 0 spiro atoms. The molecule has 18 heavy (non-hydrogen) atoms. The lowest BCUT2D eigenvalue weighted by atomic mass is 9.81. The van der Waals surface area contributed by atoms with E-state index >= 15 is 0 Å². The molecule has 0 saturated heterocycles. The molecule has 1 fully saturated rings. The van der Waals surface area contributed by atoms with Gasteiger partial charge in [0.1, 0.15) is 0 Å². The third-order valence-corrected chi connectivity index (χ3v) is 3.42. The van der Waals surface area contributed by atoms with E-state index in [0.717, 1.165) is 25.7 Å². The van der Waals surface area contributed by atoms with E-state index in [9.17, 15) is 18.0 Å². The van der Waals surface area contributed by atoms with E-state index in [1.807, 2.05) is 0 Å². The van der Waals surface area contributed by atoms with Gasteiger partial charge >= 0.3 is 6.18 Å². The molecule has 0 heterocycles. The molecule has 0 radical (unpaired) electrons. The van der Waals surface area contributed by atoms with Gasteiger partial charge in [-0.05, 0) is 38.1 Å². The lowest BCUT2D eigenvalue weighted by Gasteiger charge is -2.27. The quantitative estimate of drug-likeness (QED) is 0.750. The highest BCUT2D eigenvalue weighted by Crippen LogP contribution is 2.28. The Labute approximate surface area is 105 Å². The van der Waals surface area contributed by atoms with Crippen LogP contribution in [0.2, 0.25) is 0 Å². The highest BCUT2D eigenvalue weighted by atomic mass is 19.4. The van der Waals surface area contributed by atoms with E-state index in [-0.39, 0.29) is 24.8 Å². The number of nitrogens with two attached hydrogens (primary N) is 1. The topological polar surface area (TPSA) is 55.1 Å². The molecular weight excluding hydrogens is 245 g/mol. The van der Waals surface area contributed by atoms with E-state index in [4.69, 9.17) is 5.73 Å². The largest absolute Gasteiger partial charge is 0.389 e. The van der Waals surface area contributed by atoms with Gasteiger partial charge in [0, 0.05) is 18.9 Å². The van der Waals surface area contributed by atoms with Crippen LogP contribution in [-0.2, 0) is 4.79 Å². The second-order valence-corrected chi connectivity index (χ2v) is 4.98. The lowest BCUT2D eigenvalue weighted by molar-refractivity contribution is -0.136. The number of amides is 1. The number of nitrogens with one attached hydrogen (secondary N) is 1. The van der Waals surface area contributed by atoms with E-state index in [1.54, 1.807) is 0 Å². The van der Waals surface area contributed by atoms with Crippen molar-refractivity contribution in [3.05, 3.63) is 0 Å². The monoisotopic (exact) mass is 266 g/mol. The molecule has 1 rings (SSSR count). The summed E-state index contributed by atoms with van der Waals surface area (Å²) in [7, 11) is 0. The van der Waals surface area contributed by atoms with E-state index in [2.05, 4.69) is 5.32 Å². The molecular formula is C12H21F3N2O. The molecule has 0 bridgehead atoms. The fourth-order valence-electron chi connectivity index (χ4n) is 2.39. The average Bonchev–Trinajstić information content (AvgIpc) is 2.33. The Morgan fingerprint density at radius 2 is 2.06 bits per heavy atom. The number of carbonyl (C=O) groups excluding carboxylic acids is 1. The van der Waals surface area contributed by atoms with Crippen molar-refractivity contribution in [2.45, 2.75) is 44.7 Å². The van der Waals surface area contributed by atoms with Crippen molar-refractivity contribution >= 4 is 5.91 Å². The predicted octanol–water partition coefficient (Wildman–Crippen LogP) is 2.21. The van der Waals surface area contributed by atoms with Gasteiger partial charge in [0.2, 0.25) is 5.91 Å². The normalized spacial score (nSPS) is 24.9. The summed E-state index contributed by atoms with van der Waals surface area (Å²) < 4.78 is 35.7. The summed E-state index contributed by atoms with van der Waals surface area (Å²) in [5.74, 6) is 0.193. The third kappa shape index (κ3) is 5.71. The van der Waals surface area contributed by atoms with Gasteiger partial charge in [-0.15, -0.1) is 0 Å². The Bertz CT molecular complexity index is 269. The highest BCUT2D eigenvalue weighted by molar-refractivity contribution is 5.78. The van der Waals surface area contributed by atoms with Gasteiger partial charge in [-0.2, -0.15) is 13.2 Å². The number of hydrogen-bond acceptors (Lipinski definition) is 2. The Kier molecular flexibility index (Phi) is 5.91. The predicted molar refractivity (Wildman–Crippen MR) is 62.8 cm³/mol. The number of rotatable bonds is 5. The Morgan fingerprint density at radius 3 is 2.67 bits per heavy atom. The van der Waals surface area contributed by atoms with Gasteiger partial charge in [0.15, 0.2) is 0 Å². The average molecular weight is 266 g/mol. The van der Waals surface area contributed by atoms with Crippen molar-refractivity contribution in [2.75, 3.05) is 13.1 Å². The fraction of sp³-hybridized carbons (Fsp3) is 0.917. The lowest BCUT2D eigenvalue weighted by Crippen LogP contribution is -2.36. The van der Waals surface area contributed by atoms with Crippen molar-refractivity contribution in [2.24, 2.45) is 17.6 Å². The minimum absolute atomic E-state index is 0.0533. The van der Waals surface area contributed by atoms with Crippen LogP contribution in [0, 0.1) is 11.8 Å². The minimum atomic E-state index is -4.14. The first kappa shape index (κ1) is 15.3. The van der Waals surface area contributed by atoms with Gasteiger partial charge in [-0.1, -0.05) is 6.42 Å². The van der Waals surface area contributed by atoms with Crippen LogP contribution < -0.4 is 11.1 Å². The maximum absolute atomic E-state index is 11.9. The molecule has 1 aliphatic rings. The first-order chi connectivity index (χ1) is 8.42. The number of halogens is 3. The molecule has 0 aromatic heterocycles. The van der Waals surface area contributed by atoms with Gasteiger partial charge in [0.25, 0.3) is 0 Å². The standard InChI is InChI=1S/C12H21F3N2O/c13-12(14,15)5-2-6-17-11(18)10-4-1-3-9(7-10)8-16/h9-10H,1-8,16H2,(H,17,18). The van der Waals surface area contributed by atoms with Crippen molar-refractivity contribution in [3.63, 3.8) is 0 Å². The summed E-state index contributed by atoms with van der Waals surface area (Å²) in [6.07, 6.45) is -1.42. The molecule has 0 aliphatic heterocycles. The zero-order valence-corrected chi connectivity index (χ0v) is 10.4. The Hall–Kier alpha value is -0.780. The summed E-state index contributed by atoms with van der Waals surface area (Å²) in [6, 6.07) is 0. The fourth-order valence-corrected chi connectivity index (χ4v) is 2.39. The van der Waals surface area contributed by atoms with Crippen LogP contribution in [0.5, 0.6) is 0 Å². The van der Waals surface area contributed by atoms with Crippen LogP contribution in [0.25, 0.3) is 0 Å². The second kappa shape index (κ2) is 6.97. The van der Waals surface area contributed by atoms with Crippen molar-refractivity contribution in [3.8, 4) is 0 Å². The summed E-state index contributed by atoms with van der Waals surface area (Å²) in [5.41, 5.74) is 5.58. The van der Waals surface area contributed by atoms with Crippen LogP contribution in [0.4, 0.5) is 13.2 Å². The van der Waals surface area contributed by atoms with E-state index in [0.29, 0.717) is 12.5 Å². The van der Waals surface area contributed by atoms with Crippen LogP contribution in [0.1, 0.15) is 38.5 Å². The first-order valence-corrected chi connectivity index (χ1v) is 6.47. The van der Waals surface area contributed by atoms with Crippen LogP contribution in [0.3, 0.4) is 0 Å². The highest BCUT2D eigenvalue weighted by Gasteiger charge is 2.28. The summed E-state index contributed by atoms with van der Waals surface area (Å²) >= 11 is 0. The first-order valence-electron chi connectivity index (χ1n) is 6.47. The maximum Gasteiger partial charge on any atom is 0.389 e. The SMILES string of the molecule is NCC1CCCC(C(=O)NCCCC(F)(F)F)C1. The molecule has 1 saturated carbocycles. The molecule has 1 aliphatic carbocycles. The van der Waals surface area contributed by atoms with Gasteiger partial charge < -0.3 is 11.1 Å². The maximum atomic E-state index is 11.9. The Morgan fingerprint density at radius 1 is 1.33 bits per heavy atom. The Balaban J connectivity index is 2.20. The zero-order chi connectivity index (χ0) is 13.6. The molecule has 2 atom stereocenters. The molecule has 106 valence electrons. The molecule has 6 heteroatoms. The van der Waals surface area contributed by atoms with Crippen molar-refractivity contribution < 1.29 is 18.0 Å². The molecule has 2 unspecified atom stereocenters. The molecule has 3 N–H and O–H groups in total.